The summed E-state index contributed by atoms with van der Waals surface area (Å²) in [6.07, 6.45) is 0. The Kier molecular flexibility index (Phi) is 4.66. The molecule has 0 fully saturated rings. The fraction of sp³-hybridized carbons (Fsp3) is 0.0500. The zero-order valence-electron chi connectivity index (χ0n) is 12.7. The van der Waals surface area contributed by atoms with Gasteiger partial charge in [-0.25, -0.2) is 8.78 Å². The average Bonchev–Trinajstić information content (AvgIpc) is 2.62. The standard InChI is InChI=1S/C20H15F2NO/c21-17-10-6-15(7-11-17)19(14-4-2-1-3-5-14)23-20(24)16-8-12-18(22)13-9-16/h1-13,19H,(H,23,24). The van der Waals surface area contributed by atoms with E-state index in [4.69, 9.17) is 0 Å². The molecule has 1 unspecified atom stereocenters. The molecule has 0 heterocycles. The van der Waals surface area contributed by atoms with E-state index < -0.39 is 11.9 Å². The molecule has 0 saturated carbocycles. The van der Waals surface area contributed by atoms with Crippen molar-refractivity contribution >= 4 is 5.91 Å². The number of amides is 1. The van der Waals surface area contributed by atoms with Gasteiger partial charge >= 0.3 is 0 Å². The lowest BCUT2D eigenvalue weighted by Gasteiger charge is -2.20. The number of hydrogen-bond acceptors (Lipinski definition) is 1. The van der Waals surface area contributed by atoms with E-state index in [0.29, 0.717) is 5.56 Å². The highest BCUT2D eigenvalue weighted by atomic mass is 19.1. The Balaban J connectivity index is 1.91. The van der Waals surface area contributed by atoms with Crippen LogP contribution < -0.4 is 5.32 Å². The van der Waals surface area contributed by atoms with Crippen molar-refractivity contribution < 1.29 is 13.6 Å². The third-order valence-corrected chi connectivity index (χ3v) is 3.72. The van der Waals surface area contributed by atoms with Gasteiger partial charge in [-0.05, 0) is 47.5 Å². The van der Waals surface area contributed by atoms with Crippen molar-refractivity contribution in [3.8, 4) is 0 Å². The second kappa shape index (κ2) is 7.04. The van der Waals surface area contributed by atoms with Crippen LogP contribution in [0.2, 0.25) is 0 Å². The number of carbonyl (C=O) groups excluding carboxylic acids is 1. The second-order valence-electron chi connectivity index (χ2n) is 5.38. The van der Waals surface area contributed by atoms with Crippen LogP contribution in [0.15, 0.2) is 78.9 Å². The molecule has 3 aromatic rings. The minimum absolute atomic E-state index is 0.326. The van der Waals surface area contributed by atoms with E-state index in [1.165, 1.54) is 36.4 Å². The van der Waals surface area contributed by atoms with Crippen molar-refractivity contribution in [2.24, 2.45) is 0 Å². The van der Waals surface area contributed by atoms with E-state index in [9.17, 15) is 13.6 Å². The molecular formula is C20H15F2NO. The zero-order chi connectivity index (χ0) is 16.9. The number of halogens is 2. The van der Waals surface area contributed by atoms with Crippen molar-refractivity contribution in [2.75, 3.05) is 0 Å². The average molecular weight is 323 g/mol. The Labute approximate surface area is 138 Å². The van der Waals surface area contributed by atoms with Gasteiger partial charge in [-0.1, -0.05) is 42.5 Å². The first kappa shape index (κ1) is 15.9. The molecule has 3 aromatic carbocycles. The number of hydrogen-bond donors (Lipinski definition) is 1. The molecule has 0 spiro atoms. The van der Waals surface area contributed by atoms with Gasteiger partial charge in [0.25, 0.3) is 5.91 Å². The monoisotopic (exact) mass is 323 g/mol. The Morgan fingerprint density at radius 3 is 1.79 bits per heavy atom. The highest BCUT2D eigenvalue weighted by molar-refractivity contribution is 5.94. The van der Waals surface area contributed by atoms with Crippen LogP contribution in [0.25, 0.3) is 0 Å². The van der Waals surface area contributed by atoms with Crippen molar-refractivity contribution in [2.45, 2.75) is 6.04 Å². The predicted molar refractivity (Wildman–Crippen MR) is 88.6 cm³/mol. The van der Waals surface area contributed by atoms with Gasteiger partial charge in [-0.3, -0.25) is 4.79 Å². The molecule has 0 bridgehead atoms. The summed E-state index contributed by atoms with van der Waals surface area (Å²) in [5.74, 6) is -1.06. The summed E-state index contributed by atoms with van der Waals surface area (Å²) in [5.41, 5.74) is 2.00. The summed E-state index contributed by atoms with van der Waals surface area (Å²) in [6.45, 7) is 0. The van der Waals surface area contributed by atoms with Crippen molar-refractivity contribution in [1.29, 1.82) is 0 Å². The summed E-state index contributed by atoms with van der Waals surface area (Å²) < 4.78 is 26.2. The first-order valence-electron chi connectivity index (χ1n) is 7.50. The molecule has 0 radical (unpaired) electrons. The van der Waals surface area contributed by atoms with E-state index in [2.05, 4.69) is 5.32 Å². The largest absolute Gasteiger partial charge is 0.341 e. The molecule has 0 aliphatic rings. The van der Waals surface area contributed by atoms with Crippen LogP contribution in [0.3, 0.4) is 0 Å². The minimum atomic E-state index is -0.427. The molecule has 0 saturated heterocycles. The lowest BCUT2D eigenvalue weighted by Crippen LogP contribution is -2.29. The number of benzene rings is 3. The second-order valence-corrected chi connectivity index (χ2v) is 5.38. The van der Waals surface area contributed by atoms with Gasteiger partial charge in [0.1, 0.15) is 11.6 Å². The van der Waals surface area contributed by atoms with Gasteiger partial charge in [0.15, 0.2) is 0 Å². The smallest absolute Gasteiger partial charge is 0.252 e. The first-order valence-corrected chi connectivity index (χ1v) is 7.50. The van der Waals surface area contributed by atoms with Gasteiger partial charge in [0, 0.05) is 5.56 Å². The quantitative estimate of drug-likeness (QED) is 0.753. The fourth-order valence-electron chi connectivity index (χ4n) is 2.48. The summed E-state index contributed by atoms with van der Waals surface area (Å²) in [5, 5.41) is 2.92. The van der Waals surface area contributed by atoms with Crippen LogP contribution >= 0.6 is 0 Å². The maximum Gasteiger partial charge on any atom is 0.252 e. The third kappa shape index (κ3) is 3.66. The summed E-state index contributed by atoms with van der Waals surface area (Å²) in [7, 11) is 0. The van der Waals surface area contributed by atoms with Crippen LogP contribution in [-0.4, -0.2) is 5.91 Å². The minimum Gasteiger partial charge on any atom is -0.341 e. The summed E-state index contributed by atoms with van der Waals surface area (Å²) in [4.78, 5) is 12.5. The van der Waals surface area contributed by atoms with Crippen LogP contribution in [0, 0.1) is 11.6 Å². The maximum atomic E-state index is 13.2. The van der Waals surface area contributed by atoms with E-state index in [1.807, 2.05) is 30.3 Å². The number of rotatable bonds is 4. The molecule has 0 aliphatic carbocycles. The highest BCUT2D eigenvalue weighted by Crippen LogP contribution is 2.23. The van der Waals surface area contributed by atoms with E-state index in [-0.39, 0.29) is 11.7 Å². The SMILES string of the molecule is O=C(NC(c1ccccc1)c1ccc(F)cc1)c1ccc(F)cc1. The van der Waals surface area contributed by atoms with Gasteiger partial charge in [-0.15, -0.1) is 0 Å². The summed E-state index contributed by atoms with van der Waals surface area (Å²) in [6, 6.07) is 20.3. The molecule has 1 atom stereocenters. The van der Waals surface area contributed by atoms with E-state index in [0.717, 1.165) is 11.1 Å². The normalized spacial score (nSPS) is 11.8. The van der Waals surface area contributed by atoms with E-state index in [1.54, 1.807) is 12.1 Å². The zero-order valence-corrected chi connectivity index (χ0v) is 12.7. The topological polar surface area (TPSA) is 29.1 Å². The van der Waals surface area contributed by atoms with Gasteiger partial charge in [0.05, 0.1) is 6.04 Å². The molecule has 24 heavy (non-hydrogen) atoms. The van der Waals surface area contributed by atoms with Crippen LogP contribution in [0.5, 0.6) is 0 Å². The van der Waals surface area contributed by atoms with Crippen LogP contribution in [0.4, 0.5) is 8.78 Å². The molecule has 3 rings (SSSR count). The Morgan fingerprint density at radius 2 is 1.21 bits per heavy atom. The molecule has 0 aromatic heterocycles. The van der Waals surface area contributed by atoms with Gasteiger partial charge < -0.3 is 5.32 Å². The molecular weight excluding hydrogens is 308 g/mol. The van der Waals surface area contributed by atoms with Gasteiger partial charge in [0.2, 0.25) is 0 Å². The van der Waals surface area contributed by atoms with Gasteiger partial charge in [-0.2, -0.15) is 0 Å². The third-order valence-electron chi connectivity index (χ3n) is 3.72. The maximum absolute atomic E-state index is 13.2. The molecule has 4 heteroatoms. The predicted octanol–water partition coefficient (Wildman–Crippen LogP) is 4.48. The Morgan fingerprint density at radius 1 is 0.708 bits per heavy atom. The molecule has 1 amide bonds. The van der Waals surface area contributed by atoms with E-state index >= 15 is 0 Å². The van der Waals surface area contributed by atoms with Crippen molar-refractivity contribution in [3.63, 3.8) is 0 Å². The highest BCUT2D eigenvalue weighted by Gasteiger charge is 2.17. The Hall–Kier alpha value is -3.01. The van der Waals surface area contributed by atoms with Crippen molar-refractivity contribution in [3.05, 3.63) is 107 Å². The number of nitrogens with one attached hydrogen (secondary N) is 1. The molecule has 120 valence electrons. The van der Waals surface area contributed by atoms with Crippen LogP contribution in [-0.2, 0) is 0 Å². The molecule has 1 N–H and O–H groups in total. The molecule has 2 nitrogen and oxygen atoms in total. The molecule has 0 aliphatic heterocycles. The Bertz CT molecular complexity index is 815. The van der Waals surface area contributed by atoms with Crippen LogP contribution in [0.1, 0.15) is 27.5 Å². The lowest BCUT2D eigenvalue weighted by molar-refractivity contribution is 0.0943. The fourth-order valence-corrected chi connectivity index (χ4v) is 2.48. The first-order chi connectivity index (χ1) is 11.6. The number of carbonyl (C=O) groups is 1. The lowest BCUT2D eigenvalue weighted by atomic mass is 9.98. The summed E-state index contributed by atoms with van der Waals surface area (Å²) >= 11 is 0. The van der Waals surface area contributed by atoms with Crippen molar-refractivity contribution in [1.82, 2.24) is 5.32 Å².